The van der Waals surface area contributed by atoms with Gasteiger partial charge >= 0.3 is 0 Å². The van der Waals surface area contributed by atoms with Crippen LogP contribution in [0.4, 0.5) is 11.4 Å². The van der Waals surface area contributed by atoms with Crippen LogP contribution in [0.25, 0.3) is 0 Å². The van der Waals surface area contributed by atoms with E-state index in [2.05, 4.69) is 10.7 Å². The minimum absolute atomic E-state index is 0.0493. The molecule has 2 N–H and O–H groups in total. The lowest BCUT2D eigenvalue weighted by molar-refractivity contribution is -0.128. The second-order valence-corrected chi connectivity index (χ2v) is 8.81. The van der Waals surface area contributed by atoms with E-state index in [0.717, 1.165) is 5.56 Å². The summed E-state index contributed by atoms with van der Waals surface area (Å²) in [5, 5.41) is 4.18. The molecule has 10 heteroatoms. The monoisotopic (exact) mass is 532 g/mol. The molecule has 0 spiro atoms. The highest BCUT2D eigenvalue weighted by atomic mass is 32.1. The summed E-state index contributed by atoms with van der Waals surface area (Å²) in [6.45, 7) is 2.42. The van der Waals surface area contributed by atoms with Gasteiger partial charge in [-0.05, 0) is 73.2 Å². The van der Waals surface area contributed by atoms with Crippen LogP contribution in [0.15, 0.2) is 78.9 Å². The predicted octanol–water partition coefficient (Wildman–Crippen LogP) is 3.70. The van der Waals surface area contributed by atoms with Gasteiger partial charge in [-0.1, -0.05) is 30.3 Å². The molecule has 1 saturated heterocycles. The van der Waals surface area contributed by atoms with E-state index in [0.29, 0.717) is 29.5 Å². The lowest BCUT2D eigenvalue weighted by atomic mass is 10.1. The number of carbonyl (C=O) groups is 3. The maximum absolute atomic E-state index is 13.5. The minimum atomic E-state index is -1.02. The van der Waals surface area contributed by atoms with Gasteiger partial charge in [-0.25, -0.2) is 5.01 Å². The van der Waals surface area contributed by atoms with E-state index < -0.39 is 17.9 Å². The van der Waals surface area contributed by atoms with E-state index in [9.17, 15) is 14.4 Å². The van der Waals surface area contributed by atoms with Gasteiger partial charge in [0.2, 0.25) is 16.9 Å². The Morgan fingerprint density at radius 1 is 0.921 bits per heavy atom. The Morgan fingerprint density at radius 2 is 1.58 bits per heavy atom. The van der Waals surface area contributed by atoms with Crippen molar-refractivity contribution in [3.05, 3.63) is 84.4 Å². The summed E-state index contributed by atoms with van der Waals surface area (Å²) < 4.78 is 10.6. The quantitative estimate of drug-likeness (QED) is 0.384. The molecule has 0 aliphatic carbocycles. The molecule has 1 aliphatic rings. The maximum Gasteiger partial charge on any atom is 0.258 e. The van der Waals surface area contributed by atoms with Crippen LogP contribution in [0.1, 0.15) is 18.9 Å². The number of nitrogens with one attached hydrogen (secondary N) is 2. The Balaban J connectivity index is 1.50. The molecule has 0 aromatic heterocycles. The molecule has 4 rings (SSSR count). The average Bonchev–Trinajstić information content (AvgIpc) is 3.14. The third kappa shape index (κ3) is 6.27. The van der Waals surface area contributed by atoms with Gasteiger partial charge in [-0.3, -0.25) is 24.7 Å². The van der Waals surface area contributed by atoms with Gasteiger partial charge < -0.3 is 14.8 Å². The molecule has 196 valence electrons. The maximum atomic E-state index is 13.5. The number of carbonyl (C=O) groups excluding carboxylic acids is 3. The van der Waals surface area contributed by atoms with Crippen molar-refractivity contribution in [3.8, 4) is 11.5 Å². The van der Waals surface area contributed by atoms with Crippen LogP contribution in [-0.2, 0) is 20.8 Å². The van der Waals surface area contributed by atoms with E-state index in [1.54, 1.807) is 79.9 Å². The Kier molecular flexibility index (Phi) is 8.55. The number of benzene rings is 3. The van der Waals surface area contributed by atoms with Crippen molar-refractivity contribution in [2.75, 3.05) is 23.9 Å². The number of methoxy groups -OCH3 is 1. The van der Waals surface area contributed by atoms with Gasteiger partial charge in [0.25, 0.3) is 5.91 Å². The predicted molar refractivity (Wildman–Crippen MR) is 148 cm³/mol. The van der Waals surface area contributed by atoms with E-state index in [1.807, 2.05) is 13.0 Å². The number of thiocarbonyl (C=S) groups is 1. The van der Waals surface area contributed by atoms with Crippen molar-refractivity contribution >= 4 is 46.4 Å². The molecule has 38 heavy (non-hydrogen) atoms. The fourth-order valence-corrected chi connectivity index (χ4v) is 4.37. The molecule has 3 aromatic carbocycles. The minimum Gasteiger partial charge on any atom is -0.497 e. The molecule has 0 radical (unpaired) electrons. The van der Waals surface area contributed by atoms with Crippen molar-refractivity contribution in [2.24, 2.45) is 0 Å². The molecule has 0 saturated carbocycles. The Bertz CT molecular complexity index is 1300. The van der Waals surface area contributed by atoms with E-state index in [4.69, 9.17) is 21.7 Å². The van der Waals surface area contributed by atoms with E-state index >= 15 is 0 Å². The standard InChI is InChI=1S/C28H28N4O5S/c1-3-37-23-15-11-20(12-16-23)29-25(33)18-24-27(35)31(21-7-5-4-6-8-21)28(38)32(24)30-26(34)17-19-9-13-22(36-2)14-10-19/h4-16,24H,3,17-18H2,1-2H3,(H,29,33)(H,30,34). The van der Waals surface area contributed by atoms with Gasteiger partial charge in [-0.2, -0.15) is 0 Å². The van der Waals surface area contributed by atoms with Crippen molar-refractivity contribution in [1.29, 1.82) is 0 Å². The molecule has 1 aliphatic heterocycles. The Hall–Kier alpha value is -4.44. The van der Waals surface area contributed by atoms with Crippen molar-refractivity contribution in [1.82, 2.24) is 10.4 Å². The Morgan fingerprint density at radius 3 is 2.21 bits per heavy atom. The van der Waals surface area contributed by atoms with Crippen LogP contribution < -0.4 is 25.1 Å². The zero-order chi connectivity index (χ0) is 27.1. The molecule has 0 bridgehead atoms. The Labute approximate surface area is 226 Å². The fraction of sp³-hybridized carbons (Fsp3) is 0.214. The van der Waals surface area contributed by atoms with Crippen molar-refractivity contribution in [3.63, 3.8) is 0 Å². The number of ether oxygens (including phenoxy) is 2. The highest BCUT2D eigenvalue weighted by Gasteiger charge is 2.45. The van der Waals surface area contributed by atoms with Gasteiger partial charge in [0.1, 0.15) is 17.5 Å². The van der Waals surface area contributed by atoms with Gasteiger partial charge in [-0.15, -0.1) is 0 Å². The molecule has 3 aromatic rings. The van der Waals surface area contributed by atoms with Crippen LogP contribution in [0.5, 0.6) is 11.5 Å². The van der Waals surface area contributed by atoms with Crippen molar-refractivity contribution < 1.29 is 23.9 Å². The summed E-state index contributed by atoms with van der Waals surface area (Å²) in [5.41, 5.74) is 4.60. The van der Waals surface area contributed by atoms with Gasteiger partial charge in [0.05, 0.1) is 32.2 Å². The highest BCUT2D eigenvalue weighted by molar-refractivity contribution is 7.80. The van der Waals surface area contributed by atoms with Gasteiger partial charge in [0, 0.05) is 5.69 Å². The van der Waals surface area contributed by atoms with E-state index in [-0.39, 0.29) is 23.9 Å². The molecular weight excluding hydrogens is 504 g/mol. The number of hydrogen-bond donors (Lipinski definition) is 2. The molecule has 1 heterocycles. The normalized spacial score (nSPS) is 14.8. The van der Waals surface area contributed by atoms with Crippen LogP contribution in [0.2, 0.25) is 0 Å². The molecule has 1 fully saturated rings. The number of amides is 3. The first-order chi connectivity index (χ1) is 18.4. The summed E-state index contributed by atoms with van der Waals surface area (Å²) in [5.74, 6) is 0.174. The smallest absolute Gasteiger partial charge is 0.258 e. The SMILES string of the molecule is CCOc1ccc(NC(=O)CC2C(=O)N(c3ccccc3)C(=S)N2NC(=O)Cc2ccc(OC)cc2)cc1. The molecule has 3 amide bonds. The third-order valence-electron chi connectivity index (χ3n) is 5.83. The van der Waals surface area contributed by atoms with Crippen LogP contribution >= 0.6 is 12.2 Å². The number of rotatable bonds is 10. The highest BCUT2D eigenvalue weighted by Crippen LogP contribution is 2.26. The first kappa shape index (κ1) is 26.6. The third-order valence-corrected chi connectivity index (χ3v) is 6.20. The van der Waals surface area contributed by atoms with Crippen LogP contribution in [0, 0.1) is 0 Å². The fourth-order valence-electron chi connectivity index (χ4n) is 4.01. The number of hydrazine groups is 1. The second-order valence-electron chi connectivity index (χ2n) is 8.45. The number of para-hydroxylation sites is 1. The summed E-state index contributed by atoms with van der Waals surface area (Å²) in [6, 6.07) is 21.9. The molecular formula is C28H28N4O5S. The van der Waals surface area contributed by atoms with E-state index in [1.165, 1.54) is 9.91 Å². The largest absolute Gasteiger partial charge is 0.497 e. The van der Waals surface area contributed by atoms with Gasteiger partial charge in [0.15, 0.2) is 0 Å². The summed E-state index contributed by atoms with van der Waals surface area (Å²) in [4.78, 5) is 40.7. The number of hydrogen-bond acceptors (Lipinski definition) is 6. The lowest BCUT2D eigenvalue weighted by Gasteiger charge is -2.24. The zero-order valence-corrected chi connectivity index (χ0v) is 21.9. The second kappa shape index (κ2) is 12.2. The molecule has 1 atom stereocenters. The lowest BCUT2D eigenvalue weighted by Crippen LogP contribution is -2.50. The summed E-state index contributed by atoms with van der Waals surface area (Å²) in [6.07, 6.45) is -0.175. The summed E-state index contributed by atoms with van der Waals surface area (Å²) in [7, 11) is 1.57. The van der Waals surface area contributed by atoms with Crippen LogP contribution in [-0.4, -0.2) is 47.6 Å². The first-order valence-electron chi connectivity index (χ1n) is 12.1. The average molecular weight is 533 g/mol. The van der Waals surface area contributed by atoms with Crippen LogP contribution in [0.3, 0.4) is 0 Å². The zero-order valence-electron chi connectivity index (χ0n) is 21.0. The number of anilines is 2. The molecule has 9 nitrogen and oxygen atoms in total. The van der Waals surface area contributed by atoms with Crippen molar-refractivity contribution in [2.45, 2.75) is 25.8 Å². The summed E-state index contributed by atoms with van der Waals surface area (Å²) >= 11 is 5.59. The first-order valence-corrected chi connectivity index (χ1v) is 12.5. The topological polar surface area (TPSA) is 100 Å². The molecule has 1 unspecified atom stereocenters. The number of nitrogens with zero attached hydrogens (tertiary/aromatic N) is 2.